The van der Waals surface area contributed by atoms with Crippen LogP contribution in [0.15, 0.2) is 64.4 Å². The number of H-pyrrole nitrogens is 1. The van der Waals surface area contributed by atoms with Crippen molar-refractivity contribution in [3.05, 3.63) is 70.6 Å². The zero-order valence-electron chi connectivity index (χ0n) is 15.5. The molecule has 0 aliphatic heterocycles. The first-order chi connectivity index (χ1) is 14.1. The number of aromatic nitrogens is 3. The molecule has 29 heavy (non-hydrogen) atoms. The molecular weight excluding hydrogens is 386 g/mol. The molecule has 4 aromatic rings. The Hall–Kier alpha value is -3.57. The van der Waals surface area contributed by atoms with E-state index in [0.717, 1.165) is 4.90 Å². The van der Waals surface area contributed by atoms with E-state index in [2.05, 4.69) is 21.5 Å². The van der Waals surface area contributed by atoms with Crippen LogP contribution in [0.4, 0.5) is 5.69 Å². The Kier molecular flexibility index (Phi) is 5.06. The monoisotopic (exact) mass is 403 g/mol. The van der Waals surface area contributed by atoms with E-state index in [9.17, 15) is 9.59 Å². The summed E-state index contributed by atoms with van der Waals surface area (Å²) in [7, 11) is 0. The van der Waals surface area contributed by atoms with Crippen LogP contribution in [0.5, 0.6) is 0 Å². The van der Waals surface area contributed by atoms with Crippen molar-refractivity contribution in [2.45, 2.75) is 11.8 Å². The van der Waals surface area contributed by atoms with Gasteiger partial charge < -0.3 is 10.3 Å². The number of benzene rings is 2. The molecule has 0 aliphatic rings. The number of aromatic amines is 1. The Balaban J connectivity index is 1.68. The third-order valence-electron chi connectivity index (χ3n) is 4.47. The average molecular weight is 403 g/mol. The minimum absolute atomic E-state index is 0.0956. The normalized spacial score (nSPS) is 12.0. The number of anilines is 1. The molecule has 0 spiro atoms. The molecule has 0 saturated heterocycles. The van der Waals surface area contributed by atoms with E-state index < -0.39 is 0 Å². The van der Waals surface area contributed by atoms with E-state index in [0.29, 0.717) is 28.0 Å². The number of carbonyl (C=O) groups excluding carboxylic acids is 1. The van der Waals surface area contributed by atoms with Crippen molar-refractivity contribution in [1.29, 1.82) is 5.26 Å². The maximum absolute atomic E-state index is 12.9. The fourth-order valence-electron chi connectivity index (χ4n) is 2.98. The van der Waals surface area contributed by atoms with Crippen molar-refractivity contribution in [1.82, 2.24) is 14.6 Å². The summed E-state index contributed by atoms with van der Waals surface area (Å²) >= 11 is 1.51. The quantitative estimate of drug-likeness (QED) is 0.495. The lowest BCUT2D eigenvalue weighted by Gasteiger charge is -2.11. The van der Waals surface area contributed by atoms with Gasteiger partial charge in [-0.1, -0.05) is 24.3 Å². The maximum atomic E-state index is 12.9. The second kappa shape index (κ2) is 7.81. The molecule has 1 amide bonds. The lowest BCUT2D eigenvalue weighted by atomic mass is 10.2. The number of nitrogens with one attached hydrogen (secondary N) is 2. The summed E-state index contributed by atoms with van der Waals surface area (Å²) in [5.74, 6) is 0.161. The smallest absolute Gasteiger partial charge is 0.261 e. The van der Waals surface area contributed by atoms with Gasteiger partial charge in [0.1, 0.15) is 11.2 Å². The molecule has 144 valence electrons. The van der Waals surface area contributed by atoms with Crippen LogP contribution in [0.2, 0.25) is 0 Å². The van der Waals surface area contributed by atoms with E-state index in [4.69, 9.17) is 5.26 Å². The highest BCUT2D eigenvalue weighted by atomic mass is 32.2. The predicted molar refractivity (Wildman–Crippen MR) is 113 cm³/mol. The van der Waals surface area contributed by atoms with Crippen molar-refractivity contribution >= 4 is 39.9 Å². The minimum Gasteiger partial charge on any atom is -0.321 e. The average Bonchev–Trinajstić information content (AvgIpc) is 3.17. The van der Waals surface area contributed by atoms with E-state index in [1.807, 2.05) is 31.2 Å². The van der Waals surface area contributed by atoms with Gasteiger partial charge in [0.05, 0.1) is 34.8 Å². The van der Waals surface area contributed by atoms with Crippen LogP contribution in [-0.4, -0.2) is 26.3 Å². The summed E-state index contributed by atoms with van der Waals surface area (Å²) in [6, 6.07) is 16.7. The third-order valence-corrected chi connectivity index (χ3v) is 5.80. The third kappa shape index (κ3) is 3.60. The van der Waals surface area contributed by atoms with Gasteiger partial charge >= 0.3 is 0 Å². The highest BCUT2D eigenvalue weighted by molar-refractivity contribution is 7.99. The van der Waals surface area contributed by atoms with E-state index >= 15 is 0 Å². The van der Waals surface area contributed by atoms with Gasteiger partial charge in [-0.25, -0.2) is 4.52 Å². The SMILES string of the molecule is CC(C#N)CSc1ccccc1NC(=O)c1cnn2c1[nH]c(=O)c1ccccc12. The van der Waals surface area contributed by atoms with Gasteiger partial charge in [0.15, 0.2) is 0 Å². The van der Waals surface area contributed by atoms with Crippen LogP contribution in [0.25, 0.3) is 16.6 Å². The van der Waals surface area contributed by atoms with Gasteiger partial charge in [0.25, 0.3) is 11.5 Å². The van der Waals surface area contributed by atoms with Crippen molar-refractivity contribution in [2.24, 2.45) is 5.92 Å². The molecule has 2 heterocycles. The van der Waals surface area contributed by atoms with Gasteiger partial charge in [0.2, 0.25) is 0 Å². The van der Waals surface area contributed by atoms with Crippen LogP contribution < -0.4 is 10.9 Å². The molecule has 1 unspecified atom stereocenters. The fraction of sp³-hybridized carbons (Fsp3) is 0.143. The van der Waals surface area contributed by atoms with Gasteiger partial charge in [-0.05, 0) is 31.2 Å². The fourth-order valence-corrected chi connectivity index (χ4v) is 3.93. The van der Waals surface area contributed by atoms with E-state index in [-0.39, 0.29) is 22.9 Å². The number of fused-ring (bicyclic) bond motifs is 3. The van der Waals surface area contributed by atoms with Crippen LogP contribution in [0.3, 0.4) is 0 Å². The Bertz CT molecular complexity index is 1320. The molecule has 7 nitrogen and oxygen atoms in total. The first kappa shape index (κ1) is 18.8. The molecule has 0 fully saturated rings. The van der Waals surface area contributed by atoms with Gasteiger partial charge in [-0.2, -0.15) is 10.4 Å². The summed E-state index contributed by atoms with van der Waals surface area (Å²) in [4.78, 5) is 29.0. The van der Waals surface area contributed by atoms with Crippen LogP contribution in [-0.2, 0) is 0 Å². The Morgan fingerprint density at radius 2 is 2.03 bits per heavy atom. The first-order valence-electron chi connectivity index (χ1n) is 9.00. The topological polar surface area (TPSA) is 103 Å². The standard InChI is InChI=1S/C21H17N5O2S/c1-13(10-22)12-29-18-9-5-3-7-16(18)24-21(28)15-11-23-26-17-8-4-2-6-14(17)20(27)25-19(15)26/h2-9,11,13H,12H2,1H3,(H,24,28)(H,25,27). The number of nitriles is 1. The zero-order valence-corrected chi connectivity index (χ0v) is 16.4. The molecular formula is C21H17N5O2S. The summed E-state index contributed by atoms with van der Waals surface area (Å²) < 4.78 is 1.56. The number of amides is 1. The minimum atomic E-state index is -0.368. The van der Waals surface area contributed by atoms with E-state index in [1.54, 1.807) is 28.8 Å². The molecule has 2 aromatic heterocycles. The van der Waals surface area contributed by atoms with Crippen molar-refractivity contribution in [3.63, 3.8) is 0 Å². The summed E-state index contributed by atoms with van der Waals surface area (Å²) in [6.07, 6.45) is 1.44. The van der Waals surface area contributed by atoms with Crippen LogP contribution >= 0.6 is 11.8 Å². The lowest BCUT2D eigenvalue weighted by molar-refractivity contribution is 0.102. The van der Waals surface area contributed by atoms with Crippen LogP contribution in [0.1, 0.15) is 17.3 Å². The molecule has 0 aliphatic carbocycles. The molecule has 2 N–H and O–H groups in total. The number of thioether (sulfide) groups is 1. The van der Waals surface area contributed by atoms with Crippen molar-refractivity contribution < 1.29 is 4.79 Å². The van der Waals surface area contributed by atoms with E-state index in [1.165, 1.54) is 18.0 Å². The largest absolute Gasteiger partial charge is 0.321 e. The predicted octanol–water partition coefficient (Wildman–Crippen LogP) is 3.68. The van der Waals surface area contributed by atoms with Gasteiger partial charge in [-0.15, -0.1) is 11.8 Å². The molecule has 1 atom stereocenters. The summed E-state index contributed by atoms with van der Waals surface area (Å²) in [6.45, 7) is 1.86. The Morgan fingerprint density at radius 3 is 2.86 bits per heavy atom. The summed E-state index contributed by atoms with van der Waals surface area (Å²) in [5.41, 5.74) is 1.62. The summed E-state index contributed by atoms with van der Waals surface area (Å²) in [5, 5.41) is 16.7. The van der Waals surface area contributed by atoms with Crippen LogP contribution in [0, 0.1) is 17.2 Å². The Morgan fingerprint density at radius 1 is 1.28 bits per heavy atom. The second-order valence-corrected chi connectivity index (χ2v) is 7.64. The molecule has 8 heteroatoms. The number of nitrogens with zero attached hydrogens (tertiary/aromatic N) is 3. The molecule has 0 radical (unpaired) electrons. The molecule has 0 bridgehead atoms. The first-order valence-corrected chi connectivity index (χ1v) is 9.98. The van der Waals surface area contributed by atoms with Gasteiger partial charge in [-0.3, -0.25) is 9.59 Å². The van der Waals surface area contributed by atoms with Gasteiger partial charge in [0, 0.05) is 10.6 Å². The number of hydrogen-bond acceptors (Lipinski definition) is 5. The zero-order chi connectivity index (χ0) is 20.4. The maximum Gasteiger partial charge on any atom is 0.261 e. The molecule has 0 saturated carbocycles. The number of para-hydroxylation sites is 2. The molecule has 4 rings (SSSR count). The highest BCUT2D eigenvalue weighted by Crippen LogP contribution is 2.29. The number of rotatable bonds is 5. The Labute approximate surface area is 170 Å². The van der Waals surface area contributed by atoms with Crippen molar-refractivity contribution in [2.75, 3.05) is 11.1 Å². The number of carbonyl (C=O) groups is 1. The van der Waals surface area contributed by atoms with Crippen molar-refractivity contribution in [3.8, 4) is 6.07 Å². The highest BCUT2D eigenvalue weighted by Gasteiger charge is 2.17. The number of hydrogen-bond donors (Lipinski definition) is 2. The second-order valence-electron chi connectivity index (χ2n) is 6.58. The lowest BCUT2D eigenvalue weighted by Crippen LogP contribution is -2.15. The molecule has 2 aromatic carbocycles.